The first kappa shape index (κ1) is 19.4. The van der Waals surface area contributed by atoms with E-state index in [1.807, 2.05) is 54.7 Å². The summed E-state index contributed by atoms with van der Waals surface area (Å²) >= 11 is 0. The molecule has 2 heterocycles. The van der Waals surface area contributed by atoms with E-state index in [4.69, 9.17) is 9.15 Å². The van der Waals surface area contributed by atoms with Gasteiger partial charge in [0.15, 0.2) is 12.0 Å². The maximum absolute atomic E-state index is 12.5. The van der Waals surface area contributed by atoms with Gasteiger partial charge in [-0.25, -0.2) is 0 Å². The Morgan fingerprint density at radius 3 is 2.72 bits per heavy atom. The minimum atomic E-state index is -0.368. The van der Waals surface area contributed by atoms with Crippen molar-refractivity contribution >= 4 is 33.5 Å². The Morgan fingerprint density at radius 2 is 1.88 bits per heavy atom. The number of carbonyl (C=O) groups is 1. The summed E-state index contributed by atoms with van der Waals surface area (Å²) in [7, 11) is 0. The van der Waals surface area contributed by atoms with Crippen LogP contribution in [0, 0.1) is 0 Å². The van der Waals surface area contributed by atoms with E-state index in [2.05, 4.69) is 10.3 Å². The Labute approximate surface area is 181 Å². The largest absolute Gasteiger partial charge is 0.507 e. The molecule has 158 valence electrons. The Kier molecular flexibility index (Phi) is 4.84. The first-order chi connectivity index (χ1) is 15.6. The molecule has 0 aliphatic heterocycles. The van der Waals surface area contributed by atoms with E-state index in [1.165, 1.54) is 18.2 Å². The predicted molar refractivity (Wildman–Crippen MR) is 122 cm³/mol. The quantitative estimate of drug-likeness (QED) is 0.379. The molecule has 0 spiro atoms. The average molecular weight is 426 g/mol. The third-order valence-corrected chi connectivity index (χ3v) is 5.05. The van der Waals surface area contributed by atoms with Crippen molar-refractivity contribution in [1.82, 2.24) is 4.98 Å². The Balaban J connectivity index is 1.36. The fraction of sp³-hybridized carbons (Fsp3) is 0.0400. The highest BCUT2D eigenvalue weighted by Crippen LogP contribution is 2.31. The predicted octanol–water partition coefficient (Wildman–Crippen LogP) is 4.66. The molecule has 1 amide bonds. The highest BCUT2D eigenvalue weighted by molar-refractivity contribution is 5.94. The highest BCUT2D eigenvalue weighted by Gasteiger charge is 2.14. The minimum absolute atomic E-state index is 0.0567. The van der Waals surface area contributed by atoms with Crippen LogP contribution in [-0.2, 0) is 4.79 Å². The van der Waals surface area contributed by atoms with E-state index in [1.54, 1.807) is 6.07 Å². The standard InChI is InChI=1S/C25H18N2O5/c28-20-11-18(31-14-24(30)27-17-6-7-19-16(10-17)8-9-26-19)12-23-25(20)21(29)13-22(32-23)15-4-2-1-3-5-15/h1-13,26,28H,14H2,(H,27,30). The number of aromatic hydroxyl groups is 1. The van der Waals surface area contributed by atoms with E-state index in [0.717, 1.165) is 16.5 Å². The van der Waals surface area contributed by atoms with Crippen LogP contribution in [0.2, 0.25) is 0 Å². The molecule has 0 unspecified atom stereocenters. The van der Waals surface area contributed by atoms with Gasteiger partial charge in [-0.3, -0.25) is 9.59 Å². The first-order valence-corrected chi connectivity index (χ1v) is 9.93. The van der Waals surface area contributed by atoms with Crippen molar-refractivity contribution < 1.29 is 19.1 Å². The zero-order valence-corrected chi connectivity index (χ0v) is 16.8. The number of aromatic nitrogens is 1. The molecule has 7 heteroatoms. The van der Waals surface area contributed by atoms with Gasteiger partial charge >= 0.3 is 0 Å². The molecule has 0 fully saturated rings. The van der Waals surface area contributed by atoms with Crippen molar-refractivity contribution in [3.8, 4) is 22.8 Å². The molecule has 7 nitrogen and oxygen atoms in total. The maximum atomic E-state index is 12.5. The number of hydrogen-bond acceptors (Lipinski definition) is 5. The van der Waals surface area contributed by atoms with Gasteiger partial charge in [0.1, 0.15) is 28.2 Å². The summed E-state index contributed by atoms with van der Waals surface area (Å²) < 4.78 is 11.4. The van der Waals surface area contributed by atoms with Crippen LogP contribution in [0.25, 0.3) is 33.2 Å². The molecule has 0 saturated carbocycles. The molecule has 0 saturated heterocycles. The molecule has 3 N–H and O–H groups in total. The van der Waals surface area contributed by atoms with Gasteiger partial charge in [-0.05, 0) is 24.3 Å². The Hall–Kier alpha value is -4.52. The fourth-order valence-corrected chi connectivity index (χ4v) is 3.55. The average Bonchev–Trinajstić information content (AvgIpc) is 3.26. The summed E-state index contributed by atoms with van der Waals surface area (Å²) in [5, 5.41) is 14.1. The first-order valence-electron chi connectivity index (χ1n) is 9.93. The molecule has 0 aliphatic carbocycles. The number of benzene rings is 3. The second kappa shape index (κ2) is 7.96. The van der Waals surface area contributed by atoms with Crippen LogP contribution in [0.15, 0.2) is 88.2 Å². The van der Waals surface area contributed by atoms with Gasteiger partial charge < -0.3 is 24.6 Å². The molecule has 5 rings (SSSR count). The smallest absolute Gasteiger partial charge is 0.262 e. The SMILES string of the molecule is O=C(COc1cc(O)c2c(=O)cc(-c3ccccc3)oc2c1)Nc1ccc2[nH]ccc2c1. The number of ether oxygens (including phenoxy) is 1. The van der Waals surface area contributed by atoms with Crippen molar-refractivity contribution in [2.24, 2.45) is 0 Å². The van der Waals surface area contributed by atoms with Gasteiger partial charge in [-0.2, -0.15) is 0 Å². The molecule has 2 aromatic heterocycles. The van der Waals surface area contributed by atoms with Gasteiger partial charge in [-0.15, -0.1) is 0 Å². The van der Waals surface area contributed by atoms with Crippen molar-refractivity contribution in [2.75, 3.05) is 11.9 Å². The molecule has 0 atom stereocenters. The maximum Gasteiger partial charge on any atom is 0.262 e. The van der Waals surface area contributed by atoms with Crippen LogP contribution in [0.1, 0.15) is 0 Å². The zero-order chi connectivity index (χ0) is 22.1. The number of phenolic OH excluding ortho intramolecular Hbond substituents is 1. The van der Waals surface area contributed by atoms with Gasteiger partial charge in [0.05, 0.1) is 0 Å². The second-order valence-corrected chi connectivity index (χ2v) is 7.27. The van der Waals surface area contributed by atoms with Gasteiger partial charge in [0, 0.05) is 46.5 Å². The van der Waals surface area contributed by atoms with E-state index < -0.39 is 0 Å². The number of H-pyrrole nitrogens is 1. The lowest BCUT2D eigenvalue weighted by atomic mass is 10.1. The number of phenols is 1. The minimum Gasteiger partial charge on any atom is -0.507 e. The summed E-state index contributed by atoms with van der Waals surface area (Å²) in [5.41, 5.74) is 2.15. The third kappa shape index (κ3) is 3.79. The van der Waals surface area contributed by atoms with Crippen LogP contribution in [0.5, 0.6) is 11.5 Å². The van der Waals surface area contributed by atoms with Crippen LogP contribution in [-0.4, -0.2) is 22.6 Å². The third-order valence-electron chi connectivity index (χ3n) is 5.05. The lowest BCUT2D eigenvalue weighted by Crippen LogP contribution is -2.20. The number of nitrogens with one attached hydrogen (secondary N) is 2. The topological polar surface area (TPSA) is 105 Å². The summed E-state index contributed by atoms with van der Waals surface area (Å²) in [6, 6.07) is 20.7. The Morgan fingerprint density at radius 1 is 1.03 bits per heavy atom. The van der Waals surface area contributed by atoms with Crippen molar-refractivity contribution in [3.05, 3.63) is 89.2 Å². The van der Waals surface area contributed by atoms with Gasteiger partial charge in [0.2, 0.25) is 0 Å². The number of anilines is 1. The number of rotatable bonds is 5. The zero-order valence-electron chi connectivity index (χ0n) is 16.8. The number of aromatic amines is 1. The number of hydrogen-bond donors (Lipinski definition) is 3. The second-order valence-electron chi connectivity index (χ2n) is 7.27. The van der Waals surface area contributed by atoms with Crippen LogP contribution >= 0.6 is 0 Å². The van der Waals surface area contributed by atoms with E-state index >= 15 is 0 Å². The molecule has 0 radical (unpaired) electrons. The van der Waals surface area contributed by atoms with Crippen molar-refractivity contribution in [2.45, 2.75) is 0 Å². The van der Waals surface area contributed by atoms with Crippen LogP contribution in [0.4, 0.5) is 5.69 Å². The molecular weight excluding hydrogens is 408 g/mol. The lowest BCUT2D eigenvalue weighted by molar-refractivity contribution is -0.118. The van der Waals surface area contributed by atoms with Gasteiger partial charge in [-0.1, -0.05) is 30.3 Å². The molecule has 0 aliphatic rings. The van der Waals surface area contributed by atoms with Crippen LogP contribution in [0.3, 0.4) is 0 Å². The molecular formula is C25H18N2O5. The Bertz CT molecular complexity index is 1500. The van der Waals surface area contributed by atoms with Crippen LogP contribution < -0.4 is 15.5 Å². The van der Waals surface area contributed by atoms with E-state index in [9.17, 15) is 14.7 Å². The van der Waals surface area contributed by atoms with E-state index in [-0.39, 0.29) is 40.4 Å². The molecule has 0 bridgehead atoms. The number of carbonyl (C=O) groups excluding carboxylic acids is 1. The van der Waals surface area contributed by atoms with E-state index in [0.29, 0.717) is 11.4 Å². The molecule has 5 aromatic rings. The molecule has 3 aromatic carbocycles. The van der Waals surface area contributed by atoms with Crippen molar-refractivity contribution in [3.63, 3.8) is 0 Å². The fourth-order valence-electron chi connectivity index (χ4n) is 3.55. The number of fused-ring (bicyclic) bond motifs is 2. The number of amides is 1. The van der Waals surface area contributed by atoms with Gasteiger partial charge in [0.25, 0.3) is 5.91 Å². The monoisotopic (exact) mass is 426 g/mol. The van der Waals surface area contributed by atoms with Crippen molar-refractivity contribution in [1.29, 1.82) is 0 Å². The molecule has 32 heavy (non-hydrogen) atoms. The summed E-state index contributed by atoms with van der Waals surface area (Å²) in [5.74, 6) is -0.0553. The normalized spacial score (nSPS) is 11.0. The summed E-state index contributed by atoms with van der Waals surface area (Å²) in [4.78, 5) is 27.9. The summed E-state index contributed by atoms with van der Waals surface area (Å²) in [6.45, 7) is -0.279. The highest BCUT2D eigenvalue weighted by atomic mass is 16.5. The summed E-state index contributed by atoms with van der Waals surface area (Å²) in [6.07, 6.45) is 1.83. The lowest BCUT2D eigenvalue weighted by Gasteiger charge is -2.10.